The predicted molar refractivity (Wildman–Crippen MR) is 65.9 cm³/mol. The molecule has 17 heavy (non-hydrogen) atoms. The number of carboxylic acids is 1. The van der Waals surface area contributed by atoms with Gasteiger partial charge in [-0.15, -0.1) is 0 Å². The predicted octanol–water partition coefficient (Wildman–Crippen LogP) is 3.63. The first-order valence-electron chi connectivity index (χ1n) is 5.35. The molecule has 92 valence electrons. The second kappa shape index (κ2) is 4.75. The minimum atomic E-state index is -0.733. The highest BCUT2D eigenvalue weighted by Gasteiger charge is 2.49. The van der Waals surface area contributed by atoms with E-state index in [1.807, 2.05) is 0 Å². The van der Waals surface area contributed by atoms with E-state index in [2.05, 4.69) is 0 Å². The minimum Gasteiger partial charge on any atom is -0.492 e. The van der Waals surface area contributed by atoms with Gasteiger partial charge in [-0.1, -0.05) is 23.2 Å². The van der Waals surface area contributed by atoms with Crippen LogP contribution in [-0.4, -0.2) is 17.7 Å². The van der Waals surface area contributed by atoms with Crippen molar-refractivity contribution in [1.82, 2.24) is 0 Å². The highest BCUT2D eigenvalue weighted by atomic mass is 35.5. The molecule has 1 N–H and O–H groups in total. The Balaban J connectivity index is 1.88. The molecule has 0 unspecified atom stereocenters. The summed E-state index contributed by atoms with van der Waals surface area (Å²) in [5.74, 6) is -0.194. The maximum atomic E-state index is 10.9. The Morgan fingerprint density at radius 2 is 2.12 bits per heavy atom. The van der Waals surface area contributed by atoms with Crippen LogP contribution in [0.4, 0.5) is 0 Å². The Morgan fingerprint density at radius 3 is 2.65 bits per heavy atom. The van der Waals surface area contributed by atoms with Crippen molar-refractivity contribution < 1.29 is 14.6 Å². The van der Waals surface area contributed by atoms with Gasteiger partial charge in [-0.05, 0) is 37.5 Å². The van der Waals surface area contributed by atoms with E-state index in [0.29, 0.717) is 28.8 Å². The molecule has 5 heteroatoms. The molecule has 0 heterocycles. The van der Waals surface area contributed by atoms with Crippen LogP contribution in [0.25, 0.3) is 0 Å². The van der Waals surface area contributed by atoms with E-state index in [4.69, 9.17) is 33.0 Å². The molecule has 0 saturated heterocycles. The van der Waals surface area contributed by atoms with Crippen molar-refractivity contribution in [1.29, 1.82) is 0 Å². The van der Waals surface area contributed by atoms with Crippen molar-refractivity contribution in [2.75, 3.05) is 6.61 Å². The van der Waals surface area contributed by atoms with Crippen LogP contribution in [0.15, 0.2) is 18.2 Å². The average molecular weight is 275 g/mol. The Kier molecular flexibility index (Phi) is 3.50. The summed E-state index contributed by atoms with van der Waals surface area (Å²) < 4.78 is 5.46. The zero-order valence-corrected chi connectivity index (χ0v) is 10.6. The normalized spacial score (nSPS) is 16.6. The summed E-state index contributed by atoms with van der Waals surface area (Å²) in [6.07, 6.45) is 1.99. The van der Waals surface area contributed by atoms with Crippen LogP contribution < -0.4 is 4.74 Å². The van der Waals surface area contributed by atoms with Gasteiger partial charge in [0.25, 0.3) is 0 Å². The second-order valence-electron chi connectivity index (χ2n) is 4.26. The van der Waals surface area contributed by atoms with Gasteiger partial charge in [0.1, 0.15) is 5.75 Å². The van der Waals surface area contributed by atoms with Crippen molar-refractivity contribution in [3.63, 3.8) is 0 Å². The lowest BCUT2D eigenvalue weighted by atomic mass is 10.0. The van der Waals surface area contributed by atoms with Crippen LogP contribution in [0, 0.1) is 5.41 Å². The van der Waals surface area contributed by atoms with Crippen LogP contribution in [0.2, 0.25) is 10.0 Å². The first-order valence-corrected chi connectivity index (χ1v) is 6.10. The topological polar surface area (TPSA) is 46.5 Å². The molecule has 1 fully saturated rings. The van der Waals surface area contributed by atoms with Gasteiger partial charge in [-0.3, -0.25) is 4.79 Å². The highest BCUT2D eigenvalue weighted by molar-refractivity contribution is 6.35. The van der Waals surface area contributed by atoms with E-state index < -0.39 is 11.4 Å². The zero-order valence-electron chi connectivity index (χ0n) is 9.08. The van der Waals surface area contributed by atoms with E-state index in [0.717, 1.165) is 12.8 Å². The molecule has 1 aromatic carbocycles. The number of carboxylic acid groups (broad SMARTS) is 1. The molecule has 0 aromatic heterocycles. The number of hydrogen-bond acceptors (Lipinski definition) is 2. The fraction of sp³-hybridized carbons (Fsp3) is 0.417. The molecule has 0 spiro atoms. The van der Waals surface area contributed by atoms with Gasteiger partial charge in [0.15, 0.2) is 0 Å². The van der Waals surface area contributed by atoms with Gasteiger partial charge in [-0.2, -0.15) is 0 Å². The molecule has 1 aliphatic rings. The molecule has 0 amide bonds. The van der Waals surface area contributed by atoms with Crippen LogP contribution >= 0.6 is 23.2 Å². The first-order chi connectivity index (χ1) is 8.03. The van der Waals surface area contributed by atoms with E-state index in [9.17, 15) is 4.79 Å². The molecular formula is C12H12Cl2O3. The van der Waals surface area contributed by atoms with E-state index in [-0.39, 0.29) is 0 Å². The number of hydrogen-bond donors (Lipinski definition) is 1. The molecule has 1 aliphatic carbocycles. The van der Waals surface area contributed by atoms with Crippen molar-refractivity contribution in [3.8, 4) is 5.75 Å². The molecule has 0 radical (unpaired) electrons. The van der Waals surface area contributed by atoms with E-state index in [1.165, 1.54) is 0 Å². The van der Waals surface area contributed by atoms with Crippen molar-refractivity contribution in [2.24, 2.45) is 5.41 Å². The van der Waals surface area contributed by atoms with Gasteiger partial charge in [0.05, 0.1) is 17.0 Å². The summed E-state index contributed by atoms with van der Waals surface area (Å²) in [5.41, 5.74) is -0.557. The van der Waals surface area contributed by atoms with Gasteiger partial charge >= 0.3 is 5.97 Å². The molecule has 0 bridgehead atoms. The first kappa shape index (κ1) is 12.5. The molecular weight excluding hydrogens is 263 g/mol. The fourth-order valence-corrected chi connectivity index (χ4v) is 2.13. The van der Waals surface area contributed by atoms with Gasteiger partial charge in [0, 0.05) is 5.02 Å². The highest BCUT2D eigenvalue weighted by Crippen LogP contribution is 2.49. The van der Waals surface area contributed by atoms with Crippen molar-refractivity contribution >= 4 is 29.2 Å². The maximum Gasteiger partial charge on any atom is 0.309 e. The van der Waals surface area contributed by atoms with Crippen molar-refractivity contribution in [2.45, 2.75) is 19.3 Å². The fourth-order valence-electron chi connectivity index (χ4n) is 1.67. The summed E-state index contributed by atoms with van der Waals surface area (Å²) in [6, 6.07) is 4.97. The Labute approximate surface area is 109 Å². The largest absolute Gasteiger partial charge is 0.492 e. The summed E-state index contributed by atoms with van der Waals surface area (Å²) in [6.45, 7) is 0.355. The van der Waals surface area contributed by atoms with Crippen LogP contribution in [-0.2, 0) is 4.79 Å². The van der Waals surface area contributed by atoms with Crippen molar-refractivity contribution in [3.05, 3.63) is 28.2 Å². The van der Waals surface area contributed by atoms with Crippen LogP contribution in [0.3, 0.4) is 0 Å². The lowest BCUT2D eigenvalue weighted by Crippen LogP contribution is -2.17. The van der Waals surface area contributed by atoms with E-state index >= 15 is 0 Å². The van der Waals surface area contributed by atoms with Gasteiger partial charge < -0.3 is 9.84 Å². The summed E-state index contributed by atoms with van der Waals surface area (Å²) in [5, 5.41) is 9.98. The lowest BCUT2D eigenvalue weighted by Gasteiger charge is -2.11. The third kappa shape index (κ3) is 2.85. The Hall–Kier alpha value is -0.930. The number of halogens is 2. The van der Waals surface area contributed by atoms with Gasteiger partial charge in [-0.25, -0.2) is 0 Å². The monoisotopic (exact) mass is 274 g/mol. The van der Waals surface area contributed by atoms with Crippen LogP contribution in [0.1, 0.15) is 19.3 Å². The minimum absolute atomic E-state index is 0.355. The smallest absolute Gasteiger partial charge is 0.309 e. The number of benzene rings is 1. The summed E-state index contributed by atoms with van der Waals surface area (Å²) >= 11 is 11.7. The SMILES string of the molecule is O=C(O)C1(CCOc2ccc(Cl)cc2Cl)CC1. The zero-order chi connectivity index (χ0) is 12.5. The quantitative estimate of drug-likeness (QED) is 0.892. The third-order valence-corrected chi connectivity index (χ3v) is 3.57. The number of carbonyl (C=O) groups is 1. The molecule has 0 atom stereocenters. The summed E-state index contributed by atoms with van der Waals surface area (Å²) in [7, 11) is 0. The van der Waals surface area contributed by atoms with Crippen LogP contribution in [0.5, 0.6) is 5.75 Å². The average Bonchev–Trinajstić information content (AvgIpc) is 3.02. The molecule has 3 nitrogen and oxygen atoms in total. The third-order valence-electron chi connectivity index (χ3n) is 3.04. The molecule has 2 rings (SSSR count). The molecule has 0 aliphatic heterocycles. The Bertz CT molecular complexity index is 441. The second-order valence-corrected chi connectivity index (χ2v) is 5.10. The Morgan fingerprint density at radius 1 is 1.41 bits per heavy atom. The molecule has 1 aromatic rings. The maximum absolute atomic E-state index is 10.9. The standard InChI is InChI=1S/C12H12Cl2O3/c13-8-1-2-10(9(14)7-8)17-6-5-12(3-4-12)11(15)16/h1-2,7H,3-6H2,(H,15,16). The number of rotatable bonds is 5. The van der Waals surface area contributed by atoms with Gasteiger partial charge in [0.2, 0.25) is 0 Å². The molecule has 1 saturated carbocycles. The van der Waals surface area contributed by atoms with E-state index in [1.54, 1.807) is 18.2 Å². The number of aliphatic carboxylic acids is 1. The summed E-state index contributed by atoms with van der Waals surface area (Å²) in [4.78, 5) is 10.9. The number of ether oxygens (including phenoxy) is 1. The lowest BCUT2D eigenvalue weighted by molar-refractivity contribution is -0.143.